The number of esters is 1. The summed E-state index contributed by atoms with van der Waals surface area (Å²) in [5.74, 6) is -0.288. The van der Waals surface area contributed by atoms with E-state index in [4.69, 9.17) is 4.74 Å². The highest BCUT2D eigenvalue weighted by Gasteiger charge is 2.06. The van der Waals surface area contributed by atoms with E-state index in [9.17, 15) is 4.79 Å². The fourth-order valence-corrected chi connectivity index (χ4v) is 1.86. The van der Waals surface area contributed by atoms with Crippen LogP contribution in [0.25, 0.3) is 0 Å². The van der Waals surface area contributed by atoms with Crippen molar-refractivity contribution in [2.45, 2.75) is 45.4 Å². The Morgan fingerprint density at radius 1 is 1.22 bits per heavy atom. The number of carbonyl (C=O) groups excluding carboxylic acids is 1. The van der Waals surface area contributed by atoms with Crippen molar-refractivity contribution >= 4 is 21.9 Å². The fraction of sp³-hybridized carbons (Fsp3) is 0.571. The number of hydrogen-bond donors (Lipinski definition) is 0. The summed E-state index contributed by atoms with van der Waals surface area (Å²) in [6, 6.07) is 3.45. The van der Waals surface area contributed by atoms with Crippen molar-refractivity contribution in [3.05, 3.63) is 28.5 Å². The average Bonchev–Trinajstić information content (AvgIpc) is 2.38. The number of ether oxygens (including phenoxy) is 1. The molecule has 1 aromatic rings. The Morgan fingerprint density at radius 2 is 1.94 bits per heavy atom. The van der Waals surface area contributed by atoms with Crippen LogP contribution in [0.5, 0.6) is 0 Å². The number of unbranched alkanes of at least 4 members (excludes halogenated alkanes) is 5. The molecule has 0 fully saturated rings. The van der Waals surface area contributed by atoms with Gasteiger partial charge in [0, 0.05) is 6.20 Å². The van der Waals surface area contributed by atoms with Gasteiger partial charge in [0.2, 0.25) is 0 Å². The third kappa shape index (κ3) is 6.15. The minimum atomic E-state index is -0.288. The molecule has 4 heteroatoms. The van der Waals surface area contributed by atoms with Gasteiger partial charge >= 0.3 is 5.97 Å². The van der Waals surface area contributed by atoms with Crippen molar-refractivity contribution in [3.8, 4) is 0 Å². The van der Waals surface area contributed by atoms with Gasteiger partial charge in [0.25, 0.3) is 0 Å². The van der Waals surface area contributed by atoms with Crippen molar-refractivity contribution < 1.29 is 9.53 Å². The lowest BCUT2D eigenvalue weighted by molar-refractivity contribution is 0.0497. The second-order valence-electron chi connectivity index (χ2n) is 4.27. The van der Waals surface area contributed by atoms with Gasteiger partial charge < -0.3 is 4.74 Å². The second kappa shape index (κ2) is 9.09. The summed E-state index contributed by atoms with van der Waals surface area (Å²) in [6.45, 7) is 2.70. The maximum Gasteiger partial charge on any atom is 0.339 e. The summed E-state index contributed by atoms with van der Waals surface area (Å²) < 4.78 is 5.90. The zero-order chi connectivity index (χ0) is 13.2. The molecule has 0 spiro atoms. The lowest BCUT2D eigenvalue weighted by Crippen LogP contribution is -2.06. The zero-order valence-corrected chi connectivity index (χ0v) is 12.4. The third-order valence-corrected chi connectivity index (χ3v) is 3.16. The molecule has 0 unspecified atom stereocenters. The quantitative estimate of drug-likeness (QED) is 0.406. The van der Waals surface area contributed by atoms with Gasteiger partial charge in [-0.2, -0.15) is 0 Å². The molecule has 0 aliphatic heterocycles. The molecule has 0 radical (unpaired) electrons. The van der Waals surface area contributed by atoms with Gasteiger partial charge in [0.05, 0.1) is 12.2 Å². The van der Waals surface area contributed by atoms with E-state index in [-0.39, 0.29) is 5.97 Å². The minimum Gasteiger partial charge on any atom is -0.462 e. The molecule has 3 nitrogen and oxygen atoms in total. The first kappa shape index (κ1) is 15.2. The van der Waals surface area contributed by atoms with Crippen molar-refractivity contribution in [1.29, 1.82) is 0 Å². The highest BCUT2D eigenvalue weighted by atomic mass is 79.9. The van der Waals surface area contributed by atoms with Crippen LogP contribution in [0.2, 0.25) is 0 Å². The Hall–Kier alpha value is -0.900. The predicted molar refractivity (Wildman–Crippen MR) is 75.6 cm³/mol. The van der Waals surface area contributed by atoms with Gasteiger partial charge in [0.1, 0.15) is 4.60 Å². The summed E-state index contributed by atoms with van der Waals surface area (Å²) in [7, 11) is 0. The Kier molecular flexibility index (Phi) is 7.65. The molecule has 0 aliphatic rings. The largest absolute Gasteiger partial charge is 0.462 e. The number of nitrogens with zero attached hydrogens (tertiary/aromatic N) is 1. The van der Waals surface area contributed by atoms with Crippen LogP contribution in [0.15, 0.2) is 22.9 Å². The van der Waals surface area contributed by atoms with Crippen molar-refractivity contribution in [2.24, 2.45) is 0 Å². The van der Waals surface area contributed by atoms with Gasteiger partial charge in [-0.25, -0.2) is 9.78 Å². The molecule has 0 amide bonds. The minimum absolute atomic E-state index is 0.288. The molecule has 0 atom stereocenters. The van der Waals surface area contributed by atoms with E-state index >= 15 is 0 Å². The Bertz CT molecular complexity index is 351. The van der Waals surface area contributed by atoms with Gasteiger partial charge in [-0.1, -0.05) is 39.0 Å². The Balaban J connectivity index is 2.12. The number of hydrogen-bond acceptors (Lipinski definition) is 3. The first-order chi connectivity index (χ1) is 8.74. The molecule has 18 heavy (non-hydrogen) atoms. The van der Waals surface area contributed by atoms with Crippen LogP contribution >= 0.6 is 15.9 Å². The van der Waals surface area contributed by atoms with E-state index in [1.807, 2.05) is 0 Å². The summed E-state index contributed by atoms with van der Waals surface area (Å²) >= 11 is 3.23. The smallest absolute Gasteiger partial charge is 0.339 e. The van der Waals surface area contributed by atoms with Crippen molar-refractivity contribution in [2.75, 3.05) is 6.61 Å². The monoisotopic (exact) mass is 313 g/mol. The molecule has 100 valence electrons. The number of carbonyl (C=O) groups is 1. The number of aromatic nitrogens is 1. The molecular formula is C14H20BrNO2. The summed E-state index contributed by atoms with van der Waals surface area (Å²) in [6.07, 6.45) is 8.65. The highest BCUT2D eigenvalue weighted by Crippen LogP contribution is 2.09. The fourth-order valence-electron chi connectivity index (χ4n) is 1.63. The molecule has 0 saturated heterocycles. The molecule has 1 heterocycles. The Morgan fingerprint density at radius 3 is 2.61 bits per heavy atom. The lowest BCUT2D eigenvalue weighted by atomic mass is 10.1. The van der Waals surface area contributed by atoms with Crippen LogP contribution in [0.3, 0.4) is 0 Å². The van der Waals surface area contributed by atoms with Crippen molar-refractivity contribution in [3.63, 3.8) is 0 Å². The van der Waals surface area contributed by atoms with Crippen LogP contribution in [0.4, 0.5) is 0 Å². The van der Waals surface area contributed by atoms with Crippen molar-refractivity contribution in [1.82, 2.24) is 4.98 Å². The summed E-state index contributed by atoms with van der Waals surface area (Å²) in [5.41, 5.74) is 0.504. The van der Waals surface area contributed by atoms with Gasteiger partial charge in [-0.15, -0.1) is 0 Å². The zero-order valence-electron chi connectivity index (χ0n) is 10.8. The SMILES string of the molecule is CCCCCCCCOC(=O)c1ccc(Br)nc1. The lowest BCUT2D eigenvalue weighted by Gasteiger charge is -2.04. The number of pyridine rings is 1. The maximum atomic E-state index is 11.6. The van der Waals surface area contributed by atoms with E-state index in [1.165, 1.54) is 31.9 Å². The third-order valence-electron chi connectivity index (χ3n) is 2.69. The Labute approximate surface area is 117 Å². The second-order valence-corrected chi connectivity index (χ2v) is 5.09. The molecule has 0 N–H and O–H groups in total. The normalized spacial score (nSPS) is 10.3. The van der Waals surface area contributed by atoms with Gasteiger partial charge in [-0.05, 0) is 34.5 Å². The predicted octanol–water partition coefficient (Wildman–Crippen LogP) is 4.36. The molecule has 1 aromatic heterocycles. The molecule has 0 bridgehead atoms. The van der Waals surface area contributed by atoms with Crippen LogP contribution < -0.4 is 0 Å². The number of halogens is 1. The molecule has 0 aromatic carbocycles. The van der Waals surface area contributed by atoms with Gasteiger partial charge in [0.15, 0.2) is 0 Å². The van der Waals surface area contributed by atoms with E-state index in [0.717, 1.165) is 17.4 Å². The standard InChI is InChI=1S/C14H20BrNO2/c1-2-3-4-5-6-7-10-18-14(17)12-8-9-13(15)16-11-12/h8-9,11H,2-7,10H2,1H3. The first-order valence-corrected chi connectivity index (χ1v) is 7.32. The topological polar surface area (TPSA) is 39.2 Å². The maximum absolute atomic E-state index is 11.6. The van der Waals surface area contributed by atoms with Crippen LogP contribution in [0, 0.1) is 0 Å². The van der Waals surface area contributed by atoms with Crippen LogP contribution in [-0.2, 0) is 4.74 Å². The molecule has 1 rings (SSSR count). The average molecular weight is 314 g/mol. The molecule has 0 aliphatic carbocycles. The summed E-state index contributed by atoms with van der Waals surface area (Å²) in [4.78, 5) is 15.6. The summed E-state index contributed by atoms with van der Waals surface area (Å²) in [5, 5.41) is 0. The number of rotatable bonds is 8. The molecule has 0 saturated carbocycles. The molecular weight excluding hydrogens is 294 g/mol. The van der Waals surface area contributed by atoms with Crippen LogP contribution in [-0.4, -0.2) is 17.6 Å². The van der Waals surface area contributed by atoms with Crippen LogP contribution in [0.1, 0.15) is 55.8 Å². The highest BCUT2D eigenvalue weighted by molar-refractivity contribution is 9.10. The first-order valence-electron chi connectivity index (χ1n) is 6.52. The van der Waals surface area contributed by atoms with E-state index in [2.05, 4.69) is 27.8 Å². The van der Waals surface area contributed by atoms with E-state index < -0.39 is 0 Å². The van der Waals surface area contributed by atoms with E-state index in [0.29, 0.717) is 12.2 Å². The van der Waals surface area contributed by atoms with Gasteiger partial charge in [-0.3, -0.25) is 0 Å². The van der Waals surface area contributed by atoms with E-state index in [1.54, 1.807) is 12.1 Å².